The minimum absolute atomic E-state index is 0.288. The highest BCUT2D eigenvalue weighted by atomic mass is 16.3. The Kier molecular flexibility index (Phi) is 5.07. The highest BCUT2D eigenvalue weighted by Crippen LogP contribution is 2.50. The summed E-state index contributed by atoms with van der Waals surface area (Å²) in [7, 11) is 0. The lowest BCUT2D eigenvalue weighted by atomic mass is 9.63. The number of aliphatic hydroxyl groups is 2. The number of aromatic nitrogens is 2. The molecule has 164 valence electrons. The molecule has 5 rings (SSSR count). The van der Waals surface area contributed by atoms with Crippen LogP contribution in [0, 0.1) is 27.7 Å². The number of para-hydroxylation sites is 2. The molecule has 0 aliphatic heterocycles. The smallest absolute Gasteiger partial charge is 0.0728 e. The number of benzene rings is 2. The first-order valence-electron chi connectivity index (χ1n) is 11.2. The largest absolute Gasteiger partial charge is 0.392 e. The van der Waals surface area contributed by atoms with Gasteiger partial charge in [-0.25, -0.2) is 0 Å². The van der Waals surface area contributed by atoms with Crippen molar-refractivity contribution >= 4 is 0 Å². The summed E-state index contributed by atoms with van der Waals surface area (Å²) in [4.78, 5) is 0. The second-order valence-electron chi connectivity index (χ2n) is 9.03. The standard InChI is InChI=1S/C28H30N2O2/c1-17-15-23(19(3)29(17)21-11-7-5-8-12-21)25-27(31)26(28(25)32)24-16-18(2)30(20(24)4)22-13-9-6-10-14-22/h5-16,25-28,31-32H,1-4H3. The van der Waals surface area contributed by atoms with E-state index in [0.29, 0.717) is 0 Å². The number of hydrogen-bond donors (Lipinski definition) is 2. The molecule has 2 heterocycles. The molecule has 1 aliphatic carbocycles. The van der Waals surface area contributed by atoms with E-state index in [0.717, 1.165) is 45.3 Å². The van der Waals surface area contributed by atoms with Crippen molar-refractivity contribution in [2.75, 3.05) is 0 Å². The minimum Gasteiger partial charge on any atom is -0.392 e. The van der Waals surface area contributed by atoms with Gasteiger partial charge in [-0.05, 0) is 75.2 Å². The summed E-state index contributed by atoms with van der Waals surface area (Å²) in [5.74, 6) is -0.577. The van der Waals surface area contributed by atoms with E-state index in [2.05, 4.69) is 73.2 Å². The molecule has 0 saturated heterocycles. The Hall–Kier alpha value is -3.08. The topological polar surface area (TPSA) is 50.3 Å². The Morgan fingerprint density at radius 1 is 0.562 bits per heavy atom. The Morgan fingerprint density at radius 3 is 1.25 bits per heavy atom. The molecule has 1 fully saturated rings. The van der Waals surface area contributed by atoms with Crippen LogP contribution >= 0.6 is 0 Å². The second-order valence-corrected chi connectivity index (χ2v) is 9.03. The highest BCUT2D eigenvalue weighted by Gasteiger charge is 2.52. The number of rotatable bonds is 4. The Balaban J connectivity index is 1.48. The summed E-state index contributed by atoms with van der Waals surface area (Å²) in [6.07, 6.45) is -1.25. The minimum atomic E-state index is -0.626. The first-order chi connectivity index (χ1) is 15.4. The molecule has 0 amide bonds. The van der Waals surface area contributed by atoms with Crippen molar-refractivity contribution in [1.29, 1.82) is 0 Å². The van der Waals surface area contributed by atoms with Gasteiger partial charge in [0.25, 0.3) is 0 Å². The molecular weight excluding hydrogens is 396 g/mol. The molecule has 0 radical (unpaired) electrons. The van der Waals surface area contributed by atoms with Gasteiger partial charge in [0.05, 0.1) is 12.2 Å². The molecule has 4 heteroatoms. The van der Waals surface area contributed by atoms with E-state index in [1.54, 1.807) is 0 Å². The Bertz CT molecular complexity index is 1150. The van der Waals surface area contributed by atoms with Gasteiger partial charge in [-0.3, -0.25) is 0 Å². The lowest BCUT2D eigenvalue weighted by Gasteiger charge is -2.47. The molecule has 4 nitrogen and oxygen atoms in total. The van der Waals surface area contributed by atoms with Gasteiger partial charge in [0.2, 0.25) is 0 Å². The van der Waals surface area contributed by atoms with E-state index >= 15 is 0 Å². The van der Waals surface area contributed by atoms with E-state index in [9.17, 15) is 10.2 Å². The number of aryl methyl sites for hydroxylation is 2. The van der Waals surface area contributed by atoms with Crippen LogP contribution in [-0.2, 0) is 0 Å². The monoisotopic (exact) mass is 426 g/mol. The highest BCUT2D eigenvalue weighted by molar-refractivity contribution is 5.48. The zero-order valence-corrected chi connectivity index (χ0v) is 19.0. The van der Waals surface area contributed by atoms with Crippen molar-refractivity contribution in [1.82, 2.24) is 9.13 Å². The zero-order valence-electron chi connectivity index (χ0n) is 19.0. The van der Waals surface area contributed by atoms with Gasteiger partial charge in [0.15, 0.2) is 0 Å². The Labute approximate surface area is 189 Å². The maximum absolute atomic E-state index is 11.3. The molecule has 0 bridgehead atoms. The van der Waals surface area contributed by atoms with Crippen LogP contribution in [0.5, 0.6) is 0 Å². The Morgan fingerprint density at radius 2 is 0.906 bits per heavy atom. The van der Waals surface area contributed by atoms with Crippen molar-refractivity contribution in [3.8, 4) is 11.4 Å². The lowest BCUT2D eigenvalue weighted by molar-refractivity contribution is -0.0789. The van der Waals surface area contributed by atoms with Crippen molar-refractivity contribution < 1.29 is 10.2 Å². The fourth-order valence-corrected chi connectivity index (χ4v) is 5.64. The second kappa shape index (κ2) is 7.80. The van der Waals surface area contributed by atoms with Crippen molar-refractivity contribution in [3.63, 3.8) is 0 Å². The van der Waals surface area contributed by atoms with Gasteiger partial charge in [-0.2, -0.15) is 0 Å². The number of aliphatic hydroxyl groups excluding tert-OH is 2. The molecule has 2 aromatic carbocycles. The van der Waals surface area contributed by atoms with Crippen LogP contribution in [0.3, 0.4) is 0 Å². The van der Waals surface area contributed by atoms with Gasteiger partial charge in [0.1, 0.15) is 0 Å². The van der Waals surface area contributed by atoms with E-state index < -0.39 is 12.2 Å². The zero-order chi connectivity index (χ0) is 22.6. The van der Waals surface area contributed by atoms with Crippen LogP contribution in [0.4, 0.5) is 0 Å². The molecule has 0 spiro atoms. The van der Waals surface area contributed by atoms with E-state index in [4.69, 9.17) is 0 Å². The summed E-state index contributed by atoms with van der Waals surface area (Å²) in [5.41, 5.74) is 8.61. The number of hydrogen-bond acceptors (Lipinski definition) is 2. The summed E-state index contributed by atoms with van der Waals surface area (Å²) in [6.45, 7) is 8.30. The molecule has 1 aliphatic rings. The van der Waals surface area contributed by atoms with Crippen LogP contribution in [0.1, 0.15) is 45.7 Å². The summed E-state index contributed by atoms with van der Waals surface area (Å²) in [6, 6.07) is 24.7. The molecule has 4 aromatic rings. The van der Waals surface area contributed by atoms with Crippen molar-refractivity contribution in [3.05, 3.63) is 107 Å². The van der Waals surface area contributed by atoms with E-state index in [1.165, 1.54) is 0 Å². The van der Waals surface area contributed by atoms with Gasteiger partial charge in [-0.15, -0.1) is 0 Å². The van der Waals surface area contributed by atoms with Crippen LogP contribution < -0.4 is 0 Å². The summed E-state index contributed by atoms with van der Waals surface area (Å²) < 4.78 is 4.40. The molecule has 32 heavy (non-hydrogen) atoms. The lowest BCUT2D eigenvalue weighted by Crippen LogP contribution is -2.52. The normalized spacial score (nSPS) is 22.7. The SMILES string of the molecule is Cc1cc(C2C(O)C(c3cc(C)n(-c4ccccc4)c3C)C2O)c(C)n1-c1ccccc1. The first kappa shape index (κ1) is 20.8. The first-order valence-corrected chi connectivity index (χ1v) is 11.2. The van der Waals surface area contributed by atoms with E-state index in [1.807, 2.05) is 36.4 Å². The van der Waals surface area contributed by atoms with Gasteiger partial charge >= 0.3 is 0 Å². The van der Waals surface area contributed by atoms with Crippen LogP contribution in [0.15, 0.2) is 72.8 Å². The quantitative estimate of drug-likeness (QED) is 0.477. The third-order valence-corrected chi connectivity index (χ3v) is 7.16. The maximum Gasteiger partial charge on any atom is 0.0728 e. The van der Waals surface area contributed by atoms with Crippen LogP contribution in [0.2, 0.25) is 0 Å². The van der Waals surface area contributed by atoms with Crippen molar-refractivity contribution in [2.45, 2.75) is 51.7 Å². The summed E-state index contributed by atoms with van der Waals surface area (Å²) >= 11 is 0. The van der Waals surface area contributed by atoms with Crippen molar-refractivity contribution in [2.24, 2.45) is 0 Å². The average molecular weight is 427 g/mol. The molecular formula is C28H30N2O2. The molecule has 1 saturated carbocycles. The summed E-state index contributed by atoms with van der Waals surface area (Å²) in [5, 5.41) is 22.5. The van der Waals surface area contributed by atoms with Gasteiger partial charge in [0, 0.05) is 46.0 Å². The fourth-order valence-electron chi connectivity index (χ4n) is 5.64. The fraction of sp³-hybridized carbons (Fsp3) is 0.286. The van der Waals surface area contributed by atoms with Gasteiger partial charge in [-0.1, -0.05) is 36.4 Å². The number of nitrogens with zero attached hydrogens (tertiary/aromatic N) is 2. The predicted octanol–water partition coefficient (Wildman–Crippen LogP) is 5.10. The molecule has 0 atom stereocenters. The third-order valence-electron chi connectivity index (χ3n) is 7.16. The van der Waals surface area contributed by atoms with Gasteiger partial charge < -0.3 is 19.3 Å². The molecule has 0 unspecified atom stereocenters. The maximum atomic E-state index is 11.3. The van der Waals surface area contributed by atoms with E-state index in [-0.39, 0.29) is 11.8 Å². The molecule has 2 aromatic heterocycles. The average Bonchev–Trinajstić information content (AvgIpc) is 3.23. The third kappa shape index (κ3) is 3.06. The molecule has 2 N–H and O–H groups in total. The van der Waals surface area contributed by atoms with Crippen LogP contribution in [-0.4, -0.2) is 31.6 Å². The van der Waals surface area contributed by atoms with Crippen LogP contribution in [0.25, 0.3) is 11.4 Å². The predicted molar refractivity (Wildman–Crippen MR) is 128 cm³/mol.